The topological polar surface area (TPSA) is 81.8 Å². The molecule has 0 spiro atoms. The van der Waals surface area contributed by atoms with E-state index >= 15 is 0 Å². The van der Waals surface area contributed by atoms with Crippen LogP contribution in [-0.4, -0.2) is 46.1 Å². The Kier molecular flexibility index (Phi) is 5.02. The molecule has 0 aliphatic carbocycles. The first-order valence-electron chi connectivity index (χ1n) is 9.40. The number of hydrogen-bond donors (Lipinski definition) is 3. The third-order valence-corrected chi connectivity index (χ3v) is 4.76. The van der Waals surface area contributed by atoms with Gasteiger partial charge in [-0.05, 0) is 30.2 Å². The van der Waals surface area contributed by atoms with Crippen molar-refractivity contribution in [2.75, 3.05) is 36.4 Å². The summed E-state index contributed by atoms with van der Waals surface area (Å²) < 4.78 is 0. The van der Waals surface area contributed by atoms with Crippen LogP contribution in [0.5, 0.6) is 0 Å². The number of rotatable bonds is 5. The van der Waals surface area contributed by atoms with Gasteiger partial charge in [0.25, 0.3) is 0 Å². The molecule has 1 fully saturated rings. The van der Waals surface area contributed by atoms with Crippen molar-refractivity contribution in [1.82, 2.24) is 25.3 Å². The summed E-state index contributed by atoms with van der Waals surface area (Å²) in [5.41, 5.74) is 4.33. The standard InChI is InChI=1S/C20H25N7/c1-14(2)19-16(5-7-22-19)17-6-8-23-20(25-17)26-18-4-3-15(13-24-18)27-11-9-21-10-12-27/h3-8,13-14,21-22H,9-12H2,1-2H3,(H,23,24,25,26). The Morgan fingerprint density at radius 1 is 1.07 bits per heavy atom. The van der Waals surface area contributed by atoms with Crippen LogP contribution in [0.25, 0.3) is 11.3 Å². The summed E-state index contributed by atoms with van der Waals surface area (Å²) in [6.07, 6.45) is 5.63. The Labute approximate surface area is 159 Å². The van der Waals surface area contributed by atoms with Gasteiger partial charge in [0.15, 0.2) is 0 Å². The summed E-state index contributed by atoms with van der Waals surface area (Å²) in [6, 6.07) is 8.06. The zero-order valence-electron chi connectivity index (χ0n) is 15.7. The molecule has 4 rings (SSSR count). The summed E-state index contributed by atoms with van der Waals surface area (Å²) in [5.74, 6) is 1.69. The van der Waals surface area contributed by atoms with Gasteiger partial charge in [-0.2, -0.15) is 0 Å². The van der Waals surface area contributed by atoms with E-state index in [1.54, 1.807) is 6.20 Å². The molecule has 0 atom stereocenters. The van der Waals surface area contributed by atoms with Crippen molar-refractivity contribution in [3.05, 3.63) is 48.5 Å². The highest BCUT2D eigenvalue weighted by atomic mass is 15.2. The molecule has 1 aliphatic rings. The minimum absolute atomic E-state index is 0.403. The summed E-state index contributed by atoms with van der Waals surface area (Å²) in [6.45, 7) is 8.37. The number of nitrogens with one attached hydrogen (secondary N) is 3. The van der Waals surface area contributed by atoms with Crippen LogP contribution in [0.2, 0.25) is 0 Å². The Morgan fingerprint density at radius 2 is 1.93 bits per heavy atom. The molecule has 0 saturated carbocycles. The normalized spacial score (nSPS) is 14.6. The molecule has 1 aliphatic heterocycles. The predicted octanol–water partition coefficient (Wildman–Crippen LogP) is 3.14. The second kappa shape index (κ2) is 7.75. The van der Waals surface area contributed by atoms with Gasteiger partial charge in [0.2, 0.25) is 5.95 Å². The van der Waals surface area contributed by atoms with Gasteiger partial charge in [-0.3, -0.25) is 0 Å². The Bertz CT molecular complexity index is 879. The van der Waals surface area contributed by atoms with Crippen molar-refractivity contribution < 1.29 is 0 Å². The quantitative estimate of drug-likeness (QED) is 0.646. The first-order chi connectivity index (χ1) is 13.2. The summed E-state index contributed by atoms with van der Waals surface area (Å²) in [5, 5.41) is 6.57. The molecule has 3 N–H and O–H groups in total. The fraction of sp³-hybridized carbons (Fsp3) is 0.350. The third kappa shape index (κ3) is 3.93. The van der Waals surface area contributed by atoms with Crippen molar-refractivity contribution in [1.29, 1.82) is 0 Å². The maximum Gasteiger partial charge on any atom is 0.228 e. The Balaban J connectivity index is 1.50. The molecule has 3 aromatic heterocycles. The van der Waals surface area contributed by atoms with Crippen molar-refractivity contribution in [3.63, 3.8) is 0 Å². The van der Waals surface area contributed by atoms with Gasteiger partial charge in [-0.25, -0.2) is 15.0 Å². The SMILES string of the molecule is CC(C)c1[nH]ccc1-c1ccnc(Nc2ccc(N3CCNCC3)cn2)n1. The zero-order chi connectivity index (χ0) is 18.6. The fourth-order valence-corrected chi connectivity index (χ4v) is 3.34. The van der Waals surface area contributed by atoms with Crippen LogP contribution in [0.15, 0.2) is 42.9 Å². The van der Waals surface area contributed by atoms with Gasteiger partial charge in [0, 0.05) is 49.8 Å². The molecule has 0 aromatic carbocycles. The Morgan fingerprint density at radius 3 is 2.67 bits per heavy atom. The zero-order valence-corrected chi connectivity index (χ0v) is 15.7. The van der Waals surface area contributed by atoms with Gasteiger partial charge in [-0.15, -0.1) is 0 Å². The van der Waals surface area contributed by atoms with Crippen LogP contribution in [0.4, 0.5) is 17.5 Å². The maximum absolute atomic E-state index is 4.66. The monoisotopic (exact) mass is 363 g/mol. The molecule has 7 nitrogen and oxygen atoms in total. The second-order valence-corrected chi connectivity index (χ2v) is 6.99. The first kappa shape index (κ1) is 17.5. The number of aromatic nitrogens is 4. The van der Waals surface area contributed by atoms with E-state index in [2.05, 4.69) is 61.4 Å². The average molecular weight is 363 g/mol. The number of H-pyrrole nitrogens is 1. The number of pyridine rings is 1. The molecule has 0 bridgehead atoms. The van der Waals surface area contributed by atoms with Crippen LogP contribution in [0.3, 0.4) is 0 Å². The predicted molar refractivity (Wildman–Crippen MR) is 109 cm³/mol. The van der Waals surface area contributed by atoms with Crippen LogP contribution < -0.4 is 15.5 Å². The number of anilines is 3. The van der Waals surface area contributed by atoms with Crippen LogP contribution >= 0.6 is 0 Å². The molecular formula is C20H25N7. The summed E-state index contributed by atoms with van der Waals surface area (Å²) >= 11 is 0. The first-order valence-corrected chi connectivity index (χ1v) is 9.40. The lowest BCUT2D eigenvalue weighted by atomic mass is 10.0. The van der Waals surface area contributed by atoms with Crippen molar-refractivity contribution in [2.45, 2.75) is 19.8 Å². The Hall–Kier alpha value is -2.93. The summed E-state index contributed by atoms with van der Waals surface area (Å²) in [4.78, 5) is 19.2. The number of hydrogen-bond acceptors (Lipinski definition) is 6. The maximum atomic E-state index is 4.66. The molecule has 140 valence electrons. The van der Waals surface area contributed by atoms with E-state index in [9.17, 15) is 0 Å². The average Bonchev–Trinajstić information content (AvgIpc) is 3.20. The van der Waals surface area contributed by atoms with Crippen LogP contribution in [-0.2, 0) is 0 Å². The fourth-order valence-electron chi connectivity index (χ4n) is 3.34. The number of aromatic amines is 1. The van der Waals surface area contributed by atoms with E-state index in [-0.39, 0.29) is 0 Å². The van der Waals surface area contributed by atoms with E-state index in [1.807, 2.05) is 24.5 Å². The lowest BCUT2D eigenvalue weighted by molar-refractivity contribution is 0.589. The van der Waals surface area contributed by atoms with E-state index < -0.39 is 0 Å². The molecule has 0 unspecified atom stereocenters. The van der Waals surface area contributed by atoms with Gasteiger partial charge in [0.1, 0.15) is 5.82 Å². The lowest BCUT2D eigenvalue weighted by Crippen LogP contribution is -2.43. The van der Waals surface area contributed by atoms with Crippen LogP contribution in [0, 0.1) is 0 Å². The molecule has 4 heterocycles. The van der Waals surface area contributed by atoms with Gasteiger partial charge in [0.05, 0.1) is 17.6 Å². The highest BCUT2D eigenvalue weighted by Gasteiger charge is 2.13. The smallest absolute Gasteiger partial charge is 0.228 e. The van der Waals surface area contributed by atoms with E-state index in [4.69, 9.17) is 0 Å². The minimum atomic E-state index is 0.403. The largest absolute Gasteiger partial charge is 0.368 e. The number of nitrogens with zero attached hydrogens (tertiary/aromatic N) is 4. The molecule has 0 amide bonds. The molecule has 7 heteroatoms. The van der Waals surface area contributed by atoms with Gasteiger partial charge >= 0.3 is 0 Å². The molecular weight excluding hydrogens is 338 g/mol. The van der Waals surface area contributed by atoms with Gasteiger partial charge in [-0.1, -0.05) is 13.8 Å². The molecule has 0 radical (unpaired) electrons. The highest BCUT2D eigenvalue weighted by Crippen LogP contribution is 2.27. The van der Waals surface area contributed by atoms with Crippen molar-refractivity contribution >= 4 is 17.5 Å². The molecule has 1 saturated heterocycles. The number of piperazine rings is 1. The van der Waals surface area contributed by atoms with Crippen LogP contribution in [0.1, 0.15) is 25.5 Å². The van der Waals surface area contributed by atoms with Gasteiger partial charge < -0.3 is 20.5 Å². The molecule has 3 aromatic rings. The minimum Gasteiger partial charge on any atom is -0.368 e. The van der Waals surface area contributed by atoms with E-state index in [0.29, 0.717) is 11.9 Å². The molecule has 27 heavy (non-hydrogen) atoms. The summed E-state index contributed by atoms with van der Waals surface area (Å²) in [7, 11) is 0. The van der Waals surface area contributed by atoms with Crippen molar-refractivity contribution in [3.8, 4) is 11.3 Å². The van der Waals surface area contributed by atoms with Crippen molar-refractivity contribution in [2.24, 2.45) is 0 Å². The van der Waals surface area contributed by atoms with E-state index in [0.717, 1.165) is 48.9 Å². The van der Waals surface area contributed by atoms with E-state index in [1.165, 1.54) is 5.69 Å². The highest BCUT2D eigenvalue weighted by molar-refractivity contribution is 5.64. The second-order valence-electron chi connectivity index (χ2n) is 6.99. The third-order valence-electron chi connectivity index (χ3n) is 4.76. The lowest BCUT2D eigenvalue weighted by Gasteiger charge is -2.29.